The second kappa shape index (κ2) is 15.9. The number of hydrogen-bond donors (Lipinski definition) is 2. The van der Waals surface area contributed by atoms with E-state index >= 15 is 0 Å². The molecule has 51 heavy (non-hydrogen) atoms. The van der Waals surface area contributed by atoms with Crippen LogP contribution in [-0.2, 0) is 29.2 Å². The second-order valence-corrected chi connectivity index (χ2v) is 12.5. The molecule has 0 bridgehead atoms. The van der Waals surface area contributed by atoms with E-state index < -0.39 is 53.0 Å². The molecular formula is C40H35F5N2O4. The molecule has 6 nitrogen and oxygen atoms in total. The zero-order valence-electron chi connectivity index (χ0n) is 27.5. The minimum Gasteiger partial charge on any atom is -0.392 e. The number of halogens is 5. The molecule has 1 heterocycles. The Bertz CT molecular complexity index is 1880. The monoisotopic (exact) mass is 702 g/mol. The van der Waals surface area contributed by atoms with E-state index in [2.05, 4.69) is 41.4 Å². The van der Waals surface area contributed by atoms with Crippen LogP contribution in [0, 0.1) is 35.0 Å². The molecule has 1 fully saturated rings. The summed E-state index contributed by atoms with van der Waals surface area (Å²) < 4.78 is 82.6. The lowest BCUT2D eigenvalue weighted by molar-refractivity contribution is -0.276. The van der Waals surface area contributed by atoms with Crippen LogP contribution < -0.4 is 5.32 Å². The first-order valence-electron chi connectivity index (χ1n) is 16.4. The fraction of sp³-hybridized carbons (Fsp3) is 0.225. The molecule has 11 heteroatoms. The van der Waals surface area contributed by atoms with Gasteiger partial charge < -0.3 is 19.9 Å². The normalized spacial score (nSPS) is 18.9. The molecule has 0 spiro atoms. The number of nitrogens with one attached hydrogen (secondary N) is 1. The predicted molar refractivity (Wildman–Crippen MR) is 181 cm³/mol. The molecule has 0 unspecified atom stereocenters. The Morgan fingerprint density at radius 1 is 0.667 bits per heavy atom. The molecular weight excluding hydrogens is 667 g/mol. The van der Waals surface area contributed by atoms with Crippen LogP contribution in [0.1, 0.15) is 57.5 Å². The highest BCUT2D eigenvalue weighted by Crippen LogP contribution is 2.42. The first kappa shape index (κ1) is 35.9. The van der Waals surface area contributed by atoms with Crippen molar-refractivity contribution >= 4 is 11.6 Å². The molecule has 1 amide bonds. The maximum atomic E-state index is 14.3. The Balaban J connectivity index is 1.26. The Kier molecular flexibility index (Phi) is 11.2. The van der Waals surface area contributed by atoms with Gasteiger partial charge in [0.05, 0.1) is 18.8 Å². The molecule has 2 N–H and O–H groups in total. The number of aliphatic hydroxyl groups excluding tert-OH is 1. The minimum atomic E-state index is -2.35. The fourth-order valence-electron chi connectivity index (χ4n) is 6.17. The Morgan fingerprint density at radius 3 is 1.71 bits per heavy atom. The zero-order chi connectivity index (χ0) is 36.1. The topological polar surface area (TPSA) is 71.0 Å². The smallest absolute Gasteiger partial charge is 0.261 e. The van der Waals surface area contributed by atoms with Gasteiger partial charge in [0, 0.05) is 36.8 Å². The molecule has 0 aliphatic carbocycles. The highest BCUT2D eigenvalue weighted by atomic mass is 19.2. The number of hydrogen-bond acceptors (Lipinski definition) is 5. The molecule has 5 aromatic carbocycles. The Hall–Kier alpha value is -4.94. The number of ether oxygens (including phenoxy) is 2. The van der Waals surface area contributed by atoms with Crippen LogP contribution in [0.4, 0.5) is 27.6 Å². The van der Waals surface area contributed by atoms with E-state index in [9.17, 15) is 31.9 Å². The van der Waals surface area contributed by atoms with Gasteiger partial charge in [0.2, 0.25) is 5.82 Å². The first-order valence-corrected chi connectivity index (χ1v) is 16.4. The molecule has 264 valence electrons. The van der Waals surface area contributed by atoms with Crippen LogP contribution in [0.3, 0.4) is 0 Å². The summed E-state index contributed by atoms with van der Waals surface area (Å²) in [7, 11) is 0. The molecule has 1 aliphatic heterocycles. The van der Waals surface area contributed by atoms with Gasteiger partial charge in [0.25, 0.3) is 5.91 Å². The van der Waals surface area contributed by atoms with Crippen molar-refractivity contribution in [3.63, 3.8) is 0 Å². The summed E-state index contributed by atoms with van der Waals surface area (Å²) in [5.74, 6) is -12.8. The molecule has 5 aromatic rings. The first-order chi connectivity index (χ1) is 24.6. The summed E-state index contributed by atoms with van der Waals surface area (Å²) in [6.07, 6.45) is -1.61. The van der Waals surface area contributed by atoms with Gasteiger partial charge in [0.15, 0.2) is 29.6 Å². The van der Waals surface area contributed by atoms with Crippen LogP contribution >= 0.6 is 0 Å². The predicted octanol–water partition coefficient (Wildman–Crippen LogP) is 8.62. The van der Waals surface area contributed by atoms with Crippen molar-refractivity contribution in [2.24, 2.45) is 5.92 Å². The van der Waals surface area contributed by atoms with E-state index in [0.717, 1.165) is 22.3 Å². The summed E-state index contributed by atoms with van der Waals surface area (Å²) in [4.78, 5) is 14.9. The van der Waals surface area contributed by atoms with Gasteiger partial charge in [-0.1, -0.05) is 104 Å². The molecule has 1 saturated heterocycles. The largest absolute Gasteiger partial charge is 0.392 e. The Morgan fingerprint density at radius 2 is 1.18 bits per heavy atom. The Labute approximate surface area is 292 Å². The van der Waals surface area contributed by atoms with Crippen molar-refractivity contribution in [2.45, 2.75) is 45.1 Å². The van der Waals surface area contributed by atoms with Crippen LogP contribution in [0.2, 0.25) is 0 Å². The van der Waals surface area contributed by atoms with Crippen molar-refractivity contribution in [1.82, 2.24) is 4.90 Å². The van der Waals surface area contributed by atoms with Gasteiger partial charge in [-0.3, -0.25) is 9.69 Å². The van der Waals surface area contributed by atoms with Crippen LogP contribution in [0.15, 0.2) is 109 Å². The average Bonchev–Trinajstić information content (AvgIpc) is 3.15. The zero-order valence-corrected chi connectivity index (χ0v) is 27.5. The van der Waals surface area contributed by atoms with Crippen molar-refractivity contribution in [2.75, 3.05) is 11.9 Å². The minimum absolute atomic E-state index is 0.0430. The molecule has 1 aliphatic rings. The number of amides is 1. The molecule has 0 radical (unpaired) electrons. The summed E-state index contributed by atoms with van der Waals surface area (Å²) in [5, 5.41) is 11.8. The van der Waals surface area contributed by atoms with Gasteiger partial charge in [0.1, 0.15) is 5.56 Å². The lowest BCUT2D eigenvalue weighted by atomic mass is 9.89. The van der Waals surface area contributed by atoms with Gasteiger partial charge in [-0.05, 0) is 34.4 Å². The summed E-state index contributed by atoms with van der Waals surface area (Å²) in [5.41, 5.74) is 2.96. The number of carbonyl (C=O) groups excluding carboxylic acids is 1. The molecule has 4 atom stereocenters. The lowest BCUT2D eigenvalue weighted by Gasteiger charge is -2.43. The van der Waals surface area contributed by atoms with Crippen molar-refractivity contribution in [3.8, 4) is 0 Å². The second-order valence-electron chi connectivity index (χ2n) is 12.5. The van der Waals surface area contributed by atoms with Gasteiger partial charge >= 0.3 is 0 Å². The van der Waals surface area contributed by atoms with Gasteiger partial charge in [-0.2, -0.15) is 0 Å². The van der Waals surface area contributed by atoms with E-state index in [1.165, 1.54) is 12.1 Å². The van der Waals surface area contributed by atoms with E-state index in [1.54, 1.807) is 12.1 Å². The van der Waals surface area contributed by atoms with Gasteiger partial charge in [-0.15, -0.1) is 0 Å². The van der Waals surface area contributed by atoms with Crippen LogP contribution in [0.25, 0.3) is 0 Å². The summed E-state index contributed by atoms with van der Waals surface area (Å²) in [6, 6.07) is 33.8. The quantitative estimate of drug-likeness (QED) is 0.0820. The van der Waals surface area contributed by atoms with Crippen molar-refractivity contribution in [3.05, 3.63) is 172 Å². The SMILES string of the molecule is C[C@@H]1[C@H](CN(Cc2ccccc2)Cc2ccccc2)O[C@H](c2ccc(NC(=O)c3c(F)c(F)c(F)c(F)c3F)cc2)O[C@@H]1c1ccc(CO)cc1. The van der Waals surface area contributed by atoms with Gasteiger partial charge in [-0.25, -0.2) is 22.0 Å². The number of anilines is 1. The van der Waals surface area contributed by atoms with E-state index in [0.29, 0.717) is 25.2 Å². The molecule has 0 aromatic heterocycles. The standard InChI is InChI=1S/C40H35F5N2O4/c1-24-31(22-47(20-25-8-4-2-5-9-25)21-26-10-6-3-7-11-26)50-40(51-38(24)28-14-12-27(23-48)13-15-28)29-16-18-30(19-17-29)46-39(49)32-33(41)35(43)37(45)36(44)34(32)42/h2-19,24,31,38,40,48H,20-23H2,1H3,(H,46,49)/t24-,31+,38+,40+/m1/s1. The van der Waals surface area contributed by atoms with Crippen molar-refractivity contribution < 1.29 is 41.3 Å². The average molecular weight is 703 g/mol. The highest BCUT2D eigenvalue weighted by molar-refractivity contribution is 6.04. The van der Waals surface area contributed by atoms with Crippen LogP contribution in [-0.4, -0.2) is 28.6 Å². The number of benzene rings is 5. The maximum absolute atomic E-state index is 14.3. The summed E-state index contributed by atoms with van der Waals surface area (Å²) in [6.45, 7) is 3.85. The number of nitrogens with zero attached hydrogens (tertiary/aromatic N) is 1. The summed E-state index contributed by atoms with van der Waals surface area (Å²) >= 11 is 0. The number of carbonyl (C=O) groups is 1. The maximum Gasteiger partial charge on any atom is 0.261 e. The van der Waals surface area contributed by atoms with E-state index in [-0.39, 0.29) is 24.3 Å². The van der Waals surface area contributed by atoms with E-state index in [1.807, 2.05) is 60.7 Å². The molecule has 0 saturated carbocycles. The third-order valence-corrected chi connectivity index (χ3v) is 8.94. The highest BCUT2D eigenvalue weighted by Gasteiger charge is 2.39. The van der Waals surface area contributed by atoms with E-state index in [4.69, 9.17) is 9.47 Å². The number of aliphatic hydroxyl groups is 1. The van der Waals surface area contributed by atoms with Crippen LogP contribution in [0.5, 0.6) is 0 Å². The van der Waals surface area contributed by atoms with Crippen molar-refractivity contribution in [1.29, 1.82) is 0 Å². The third-order valence-electron chi connectivity index (χ3n) is 8.94. The fourth-order valence-corrected chi connectivity index (χ4v) is 6.17. The third kappa shape index (κ3) is 8.18. The number of rotatable bonds is 11. The molecule has 6 rings (SSSR count). The lowest BCUT2D eigenvalue weighted by Crippen LogP contribution is -2.44.